The van der Waals surface area contributed by atoms with Crippen LogP contribution in [0.3, 0.4) is 0 Å². The summed E-state index contributed by atoms with van der Waals surface area (Å²) in [5, 5.41) is 3.64. The fourth-order valence-corrected chi connectivity index (χ4v) is 2.20. The molecule has 1 atom stereocenters. The molecule has 0 aromatic heterocycles. The summed E-state index contributed by atoms with van der Waals surface area (Å²) in [6, 6.07) is 1.17. The molecule has 3 heteroatoms. The minimum Gasteiger partial charge on any atom is -0.383 e. The first-order valence-electron chi connectivity index (χ1n) is 7.31. The molecule has 0 aliphatic rings. The summed E-state index contributed by atoms with van der Waals surface area (Å²) < 4.78 is 5.23. The van der Waals surface area contributed by atoms with Gasteiger partial charge in [-0.25, -0.2) is 0 Å². The third kappa shape index (κ3) is 8.06. The molecule has 0 heterocycles. The second-order valence-corrected chi connectivity index (χ2v) is 6.40. The van der Waals surface area contributed by atoms with E-state index in [9.17, 15) is 0 Å². The van der Waals surface area contributed by atoms with Crippen molar-refractivity contribution in [2.45, 2.75) is 72.0 Å². The van der Waals surface area contributed by atoms with Crippen molar-refractivity contribution < 1.29 is 4.74 Å². The molecule has 0 bridgehead atoms. The lowest BCUT2D eigenvalue weighted by Gasteiger charge is -2.36. The Morgan fingerprint density at radius 3 is 2.22 bits per heavy atom. The van der Waals surface area contributed by atoms with E-state index >= 15 is 0 Å². The highest BCUT2D eigenvalue weighted by Gasteiger charge is 2.21. The van der Waals surface area contributed by atoms with Gasteiger partial charge in [-0.15, -0.1) is 0 Å². The van der Waals surface area contributed by atoms with Gasteiger partial charge in [0.1, 0.15) is 0 Å². The van der Waals surface area contributed by atoms with Crippen LogP contribution in [0.5, 0.6) is 0 Å². The molecule has 1 N–H and O–H groups in total. The summed E-state index contributed by atoms with van der Waals surface area (Å²) in [7, 11) is 1.78. The van der Waals surface area contributed by atoms with Gasteiger partial charge in [0.15, 0.2) is 0 Å². The van der Waals surface area contributed by atoms with Crippen LogP contribution in [-0.4, -0.2) is 49.3 Å². The highest BCUT2D eigenvalue weighted by Crippen LogP contribution is 2.12. The van der Waals surface area contributed by atoms with Gasteiger partial charge in [0, 0.05) is 37.8 Å². The van der Waals surface area contributed by atoms with Crippen LogP contribution in [-0.2, 0) is 4.74 Å². The summed E-state index contributed by atoms with van der Waals surface area (Å²) in [5.41, 5.74) is 0.190. The predicted molar refractivity (Wildman–Crippen MR) is 80.2 cm³/mol. The van der Waals surface area contributed by atoms with Crippen molar-refractivity contribution in [1.29, 1.82) is 0 Å². The topological polar surface area (TPSA) is 24.5 Å². The van der Waals surface area contributed by atoms with Gasteiger partial charge in [0.25, 0.3) is 0 Å². The Bertz CT molecular complexity index is 199. The van der Waals surface area contributed by atoms with Gasteiger partial charge >= 0.3 is 0 Å². The van der Waals surface area contributed by atoms with Crippen molar-refractivity contribution >= 4 is 0 Å². The van der Waals surface area contributed by atoms with Crippen LogP contribution in [0.4, 0.5) is 0 Å². The maximum absolute atomic E-state index is 5.23. The van der Waals surface area contributed by atoms with Gasteiger partial charge < -0.3 is 10.1 Å². The van der Waals surface area contributed by atoms with Gasteiger partial charge in [-0.3, -0.25) is 4.90 Å². The molecule has 0 aromatic rings. The third-order valence-corrected chi connectivity index (χ3v) is 3.18. The third-order valence-electron chi connectivity index (χ3n) is 3.18. The quantitative estimate of drug-likeness (QED) is 0.688. The summed E-state index contributed by atoms with van der Waals surface area (Å²) >= 11 is 0. The van der Waals surface area contributed by atoms with Crippen molar-refractivity contribution in [1.82, 2.24) is 10.2 Å². The van der Waals surface area contributed by atoms with Crippen LogP contribution < -0.4 is 5.32 Å². The van der Waals surface area contributed by atoms with Crippen LogP contribution in [0.1, 0.15) is 54.4 Å². The van der Waals surface area contributed by atoms with Gasteiger partial charge in [-0.2, -0.15) is 0 Å². The molecule has 1 unspecified atom stereocenters. The molecule has 0 saturated heterocycles. The number of hydrogen-bond donors (Lipinski definition) is 1. The molecule has 18 heavy (non-hydrogen) atoms. The smallest absolute Gasteiger partial charge is 0.0589 e. The summed E-state index contributed by atoms with van der Waals surface area (Å²) in [4.78, 5) is 2.56. The minimum atomic E-state index is 0.190. The first kappa shape index (κ1) is 17.9. The van der Waals surface area contributed by atoms with Gasteiger partial charge in [0.05, 0.1) is 6.61 Å². The van der Waals surface area contributed by atoms with Crippen molar-refractivity contribution in [2.75, 3.05) is 26.8 Å². The van der Waals surface area contributed by atoms with E-state index in [4.69, 9.17) is 4.74 Å². The van der Waals surface area contributed by atoms with E-state index < -0.39 is 0 Å². The first-order chi connectivity index (χ1) is 8.31. The molecule has 0 radical (unpaired) electrons. The van der Waals surface area contributed by atoms with Crippen LogP contribution >= 0.6 is 0 Å². The van der Waals surface area contributed by atoms with Crippen molar-refractivity contribution in [3.63, 3.8) is 0 Å². The van der Waals surface area contributed by atoms with Gasteiger partial charge in [0.2, 0.25) is 0 Å². The Kier molecular flexibility index (Phi) is 8.83. The molecule has 0 saturated carbocycles. The van der Waals surface area contributed by atoms with Crippen LogP contribution in [0.2, 0.25) is 0 Å². The molecule has 3 nitrogen and oxygen atoms in total. The van der Waals surface area contributed by atoms with E-state index in [1.165, 1.54) is 12.8 Å². The molecular weight excluding hydrogens is 224 g/mol. The maximum Gasteiger partial charge on any atom is 0.0589 e. The zero-order valence-electron chi connectivity index (χ0n) is 13.5. The number of methoxy groups -OCH3 is 1. The van der Waals surface area contributed by atoms with E-state index in [0.29, 0.717) is 12.1 Å². The molecule has 0 aromatic carbocycles. The zero-order chi connectivity index (χ0) is 14.2. The average Bonchev–Trinajstić information content (AvgIpc) is 2.24. The number of nitrogens with zero attached hydrogens (tertiary/aromatic N) is 1. The molecular formula is C15H34N2O. The van der Waals surface area contributed by atoms with Gasteiger partial charge in [-0.1, -0.05) is 13.3 Å². The Labute approximate surface area is 114 Å². The lowest BCUT2D eigenvalue weighted by molar-refractivity contribution is 0.0876. The number of rotatable bonds is 9. The summed E-state index contributed by atoms with van der Waals surface area (Å²) in [6.07, 6.45) is 2.47. The van der Waals surface area contributed by atoms with Crippen LogP contribution in [0.15, 0.2) is 0 Å². The van der Waals surface area contributed by atoms with Crippen molar-refractivity contribution in [3.05, 3.63) is 0 Å². The molecule has 0 fully saturated rings. The van der Waals surface area contributed by atoms with Crippen LogP contribution in [0, 0.1) is 0 Å². The minimum absolute atomic E-state index is 0.190. The zero-order valence-corrected chi connectivity index (χ0v) is 13.5. The molecule has 0 aliphatic carbocycles. The molecule has 0 amide bonds. The summed E-state index contributed by atoms with van der Waals surface area (Å²) in [5.74, 6) is 0. The monoisotopic (exact) mass is 258 g/mol. The number of hydrogen-bond acceptors (Lipinski definition) is 3. The van der Waals surface area contributed by atoms with E-state index in [1.807, 2.05) is 0 Å². The standard InChI is InChI=1S/C15H34N2O/c1-8-9-14(12-16-15(4,5)6)17(13(2)3)10-11-18-7/h13-14,16H,8-12H2,1-7H3. The van der Waals surface area contributed by atoms with Crippen LogP contribution in [0.25, 0.3) is 0 Å². The second-order valence-electron chi connectivity index (χ2n) is 6.40. The van der Waals surface area contributed by atoms with E-state index in [0.717, 1.165) is 19.7 Å². The number of nitrogens with one attached hydrogen (secondary N) is 1. The fraction of sp³-hybridized carbons (Fsp3) is 1.00. The molecule has 0 aliphatic heterocycles. The summed E-state index contributed by atoms with van der Waals surface area (Å²) in [6.45, 7) is 16.4. The Hall–Kier alpha value is -0.120. The highest BCUT2D eigenvalue weighted by atomic mass is 16.5. The fourth-order valence-electron chi connectivity index (χ4n) is 2.20. The highest BCUT2D eigenvalue weighted by molar-refractivity contribution is 4.80. The van der Waals surface area contributed by atoms with E-state index in [1.54, 1.807) is 7.11 Å². The number of ether oxygens (including phenoxy) is 1. The molecule has 110 valence electrons. The van der Waals surface area contributed by atoms with E-state index in [-0.39, 0.29) is 5.54 Å². The second kappa shape index (κ2) is 8.89. The lowest BCUT2D eigenvalue weighted by Crippen LogP contribution is -2.50. The SMILES string of the molecule is CCCC(CNC(C)(C)C)N(CCOC)C(C)C. The largest absolute Gasteiger partial charge is 0.383 e. The van der Waals surface area contributed by atoms with Crippen molar-refractivity contribution in [3.8, 4) is 0 Å². The van der Waals surface area contributed by atoms with Crippen molar-refractivity contribution in [2.24, 2.45) is 0 Å². The van der Waals surface area contributed by atoms with E-state index in [2.05, 4.69) is 51.8 Å². The first-order valence-corrected chi connectivity index (χ1v) is 7.31. The predicted octanol–water partition coefficient (Wildman–Crippen LogP) is 2.90. The Morgan fingerprint density at radius 1 is 1.22 bits per heavy atom. The Morgan fingerprint density at radius 2 is 1.83 bits per heavy atom. The average molecular weight is 258 g/mol. The molecule has 0 spiro atoms. The van der Waals surface area contributed by atoms with Gasteiger partial charge in [-0.05, 0) is 41.0 Å². The molecule has 0 rings (SSSR count). The lowest BCUT2D eigenvalue weighted by atomic mass is 10.0. The Balaban J connectivity index is 4.48. The maximum atomic E-state index is 5.23. The normalized spacial score (nSPS) is 14.5.